The van der Waals surface area contributed by atoms with Crippen LogP contribution in [-0.2, 0) is 37.7 Å². The van der Waals surface area contributed by atoms with Crippen molar-refractivity contribution in [2.24, 2.45) is 0 Å². The second-order valence-corrected chi connectivity index (χ2v) is 6.69. The molecule has 1 aromatic heterocycles. The van der Waals surface area contributed by atoms with Gasteiger partial charge in [-0.15, -0.1) is 12.4 Å². The molecule has 0 aliphatic rings. The van der Waals surface area contributed by atoms with E-state index in [9.17, 15) is 18.3 Å². The minimum Gasteiger partial charge on any atom is -0.545 e. The van der Waals surface area contributed by atoms with Crippen molar-refractivity contribution >= 4 is 39.3 Å². The van der Waals surface area contributed by atoms with E-state index < -0.39 is 16.0 Å². The maximum atomic E-state index is 12.7. The molecule has 0 unspecified atom stereocenters. The zero-order chi connectivity index (χ0) is 15.9. The molecule has 8 heteroatoms. The minimum atomic E-state index is -3.89. The second kappa shape index (κ2) is 7.67. The van der Waals surface area contributed by atoms with Crippen molar-refractivity contribution in [3.05, 3.63) is 65.9 Å². The quantitative estimate of drug-likeness (QED) is 0.466. The Morgan fingerprint density at radius 2 is 1.79 bits per heavy atom. The van der Waals surface area contributed by atoms with Crippen LogP contribution in [0, 0.1) is 13.0 Å². The van der Waals surface area contributed by atoms with Gasteiger partial charge in [0.1, 0.15) is 0 Å². The summed E-state index contributed by atoms with van der Waals surface area (Å²) in [6.07, 6.45) is 1.06. The fraction of sp³-hybridized carbons (Fsp3) is 0.0625. The number of carboxylic acid groups (broad SMARTS) is 1. The molecule has 2 aromatic carbocycles. The monoisotopic (exact) mass is 551 g/mol. The van der Waals surface area contributed by atoms with Crippen LogP contribution in [0.15, 0.2) is 53.6 Å². The third kappa shape index (κ3) is 3.50. The van der Waals surface area contributed by atoms with Crippen LogP contribution >= 0.6 is 12.4 Å². The maximum absolute atomic E-state index is 12.7. The van der Waals surface area contributed by atoms with Crippen LogP contribution in [0.4, 0.5) is 0 Å². The first-order valence-corrected chi connectivity index (χ1v) is 7.90. The molecule has 2 radical (unpaired) electrons. The number of rotatable bonds is 3. The molecule has 0 N–H and O–H groups in total. The van der Waals surface area contributed by atoms with E-state index in [1.54, 1.807) is 18.2 Å². The Morgan fingerprint density at radius 1 is 1.17 bits per heavy atom. The molecule has 1 heterocycles. The van der Waals surface area contributed by atoms with E-state index in [1.165, 1.54) is 24.3 Å². The van der Waals surface area contributed by atoms with Crippen molar-refractivity contribution in [1.29, 1.82) is 0 Å². The summed E-state index contributed by atoms with van der Waals surface area (Å²) < 4.78 is 26.4. The molecule has 0 atom stereocenters. The predicted molar refractivity (Wildman–Crippen MR) is 86.1 cm³/mol. The first-order valence-electron chi connectivity index (χ1n) is 6.46. The molecule has 3 aromatic rings. The van der Waals surface area contributed by atoms with Crippen LogP contribution in [0.3, 0.4) is 0 Å². The number of hydrogen-bond acceptors (Lipinski definition) is 4. The van der Waals surface area contributed by atoms with Crippen LogP contribution < -0.4 is 5.11 Å². The Bertz CT molecular complexity index is 981. The number of aromatic carboxylic acids is 1. The molecular formula is C16H12ClHgNO4S. The number of hydrogen-bond donors (Lipinski definition) is 0. The van der Waals surface area contributed by atoms with Gasteiger partial charge in [-0.1, -0.05) is 29.8 Å². The van der Waals surface area contributed by atoms with Crippen LogP contribution in [0.5, 0.6) is 0 Å². The van der Waals surface area contributed by atoms with Gasteiger partial charge in [-0.25, -0.2) is 12.4 Å². The number of halogens is 1. The SMILES string of the molecule is Cc1ccc(S(=O)(=O)n2cc(C(=O)[O-])c3[c]cccc32)cc1.Cl.[Hg+]. The summed E-state index contributed by atoms with van der Waals surface area (Å²) in [4.78, 5) is 11.3. The third-order valence-electron chi connectivity index (χ3n) is 3.38. The average molecular weight is 550 g/mol. The van der Waals surface area contributed by atoms with E-state index in [1.807, 2.05) is 6.92 Å². The van der Waals surface area contributed by atoms with E-state index in [0.29, 0.717) is 0 Å². The third-order valence-corrected chi connectivity index (χ3v) is 5.07. The van der Waals surface area contributed by atoms with Crippen LogP contribution in [0.25, 0.3) is 10.9 Å². The molecule has 0 amide bonds. The molecule has 0 aliphatic carbocycles. The molecule has 0 spiro atoms. The Morgan fingerprint density at radius 3 is 2.38 bits per heavy atom. The Balaban J connectivity index is 0.00000144. The average Bonchev–Trinajstić information content (AvgIpc) is 2.88. The van der Waals surface area contributed by atoms with Gasteiger partial charge in [0.15, 0.2) is 0 Å². The molecule has 3 rings (SSSR count). The van der Waals surface area contributed by atoms with Crippen molar-refractivity contribution in [1.82, 2.24) is 3.97 Å². The minimum absolute atomic E-state index is 0. The topological polar surface area (TPSA) is 79.2 Å². The molecule has 0 bridgehead atoms. The number of carboxylic acids is 1. The van der Waals surface area contributed by atoms with Gasteiger partial charge in [-0.3, -0.25) is 0 Å². The van der Waals surface area contributed by atoms with Crippen molar-refractivity contribution in [3.8, 4) is 0 Å². The van der Waals surface area contributed by atoms with Gasteiger partial charge < -0.3 is 9.90 Å². The largest absolute Gasteiger partial charge is 1.00 e. The van der Waals surface area contributed by atoms with Gasteiger partial charge in [0, 0.05) is 17.1 Å². The fourth-order valence-corrected chi connectivity index (χ4v) is 3.62. The molecule has 0 saturated carbocycles. The van der Waals surface area contributed by atoms with Gasteiger partial charge in [0.05, 0.1) is 16.4 Å². The number of carbonyl (C=O) groups is 1. The van der Waals surface area contributed by atoms with Crippen LogP contribution in [0.2, 0.25) is 0 Å². The normalized spacial score (nSPS) is 10.7. The van der Waals surface area contributed by atoms with Crippen molar-refractivity contribution in [2.45, 2.75) is 11.8 Å². The van der Waals surface area contributed by atoms with Crippen LogP contribution in [0.1, 0.15) is 15.9 Å². The predicted octanol–water partition coefficient (Wildman–Crippen LogP) is 1.77. The first kappa shape index (κ1) is 20.7. The van der Waals surface area contributed by atoms with Gasteiger partial charge >= 0.3 is 27.7 Å². The molecule has 0 aliphatic heterocycles. The zero-order valence-electron chi connectivity index (χ0n) is 12.7. The van der Waals surface area contributed by atoms with E-state index in [-0.39, 0.29) is 61.4 Å². The van der Waals surface area contributed by atoms with E-state index >= 15 is 0 Å². The van der Waals surface area contributed by atoms with E-state index in [0.717, 1.165) is 15.7 Å². The summed E-state index contributed by atoms with van der Waals surface area (Å²) in [5.74, 6) is -1.44. The molecule has 24 heavy (non-hydrogen) atoms. The molecule has 5 nitrogen and oxygen atoms in total. The van der Waals surface area contributed by atoms with Gasteiger partial charge in [-0.2, -0.15) is 0 Å². The van der Waals surface area contributed by atoms with Gasteiger partial charge in [-0.05, 0) is 31.2 Å². The van der Waals surface area contributed by atoms with Crippen LogP contribution in [-0.4, -0.2) is 18.4 Å². The fourth-order valence-electron chi connectivity index (χ4n) is 2.26. The zero-order valence-corrected chi connectivity index (χ0v) is 19.9. The smallest absolute Gasteiger partial charge is 0.545 e. The molecular weight excluding hydrogens is 538 g/mol. The summed E-state index contributed by atoms with van der Waals surface area (Å²) in [5.41, 5.74) is 0.980. The van der Waals surface area contributed by atoms with Gasteiger partial charge in [0.2, 0.25) is 0 Å². The standard InChI is InChI=1S/C16H12NO4S.ClH.Hg/c1-11-6-8-12(9-7-11)22(20,21)17-10-14(16(18)19)13-4-2-3-5-15(13)17;;/h2-3,5-10H,1H3,(H,18,19);1H;/q;;+1/p-1. The first-order chi connectivity index (χ1) is 10.4. The number of benzene rings is 2. The maximum Gasteiger partial charge on any atom is 1.00 e. The molecule has 120 valence electrons. The Labute approximate surface area is 166 Å². The summed E-state index contributed by atoms with van der Waals surface area (Å²) in [6.45, 7) is 1.85. The summed E-state index contributed by atoms with van der Waals surface area (Å²) >= 11 is 0. The number of fused-ring (bicyclic) bond motifs is 1. The molecule has 0 saturated heterocycles. The van der Waals surface area contributed by atoms with Crippen molar-refractivity contribution < 1.29 is 46.0 Å². The number of carbonyl (C=O) groups excluding carboxylic acids is 1. The Hall–Kier alpha value is -1.37. The van der Waals surface area contributed by atoms with Gasteiger partial charge in [0.25, 0.3) is 10.0 Å². The Kier molecular flexibility index (Phi) is 6.61. The van der Waals surface area contributed by atoms with E-state index in [2.05, 4.69) is 6.07 Å². The van der Waals surface area contributed by atoms with Crippen molar-refractivity contribution in [3.63, 3.8) is 0 Å². The molecule has 0 fully saturated rings. The summed E-state index contributed by atoms with van der Waals surface area (Å²) in [7, 11) is -3.89. The summed E-state index contributed by atoms with van der Waals surface area (Å²) in [6, 6.07) is 13.8. The number of aryl methyl sites for hydroxylation is 1. The summed E-state index contributed by atoms with van der Waals surface area (Å²) in [5, 5.41) is 11.4. The van der Waals surface area contributed by atoms with Crippen molar-refractivity contribution in [2.75, 3.05) is 0 Å². The second-order valence-electron chi connectivity index (χ2n) is 4.87. The number of nitrogens with zero attached hydrogens (tertiary/aromatic N) is 1. The van der Waals surface area contributed by atoms with E-state index in [4.69, 9.17) is 0 Å². The number of aromatic nitrogens is 1.